The van der Waals surface area contributed by atoms with Crippen molar-refractivity contribution in [3.05, 3.63) is 34.1 Å². The molecule has 0 aliphatic carbocycles. The van der Waals surface area contributed by atoms with Crippen LogP contribution in [0.1, 0.15) is 19.9 Å². The molecular formula is C19H15N5O3S. The number of nitriles is 1. The van der Waals surface area contributed by atoms with Gasteiger partial charge < -0.3 is 9.47 Å². The fourth-order valence-electron chi connectivity index (χ4n) is 3.46. The maximum atomic E-state index is 12.5. The molecule has 0 saturated heterocycles. The van der Waals surface area contributed by atoms with Crippen molar-refractivity contribution in [2.24, 2.45) is 0 Å². The zero-order valence-corrected chi connectivity index (χ0v) is 16.0. The van der Waals surface area contributed by atoms with Gasteiger partial charge in [-0.15, -0.1) is 0 Å². The SMILES string of the molecule is CC(C)n1ncc2c(-c3ccc4c(c3)OCO4)c3sc(=O)n(CC#N)c3nc21. The van der Waals surface area contributed by atoms with E-state index < -0.39 is 0 Å². The molecule has 1 aliphatic rings. The fourth-order valence-corrected chi connectivity index (χ4v) is 4.48. The molecule has 8 nitrogen and oxygen atoms in total. The summed E-state index contributed by atoms with van der Waals surface area (Å²) in [6.45, 7) is 4.19. The second-order valence-corrected chi connectivity index (χ2v) is 7.70. The molecule has 1 aliphatic heterocycles. The maximum Gasteiger partial charge on any atom is 0.310 e. The maximum absolute atomic E-state index is 12.5. The monoisotopic (exact) mass is 393 g/mol. The summed E-state index contributed by atoms with van der Waals surface area (Å²) >= 11 is 1.09. The van der Waals surface area contributed by atoms with Crippen LogP contribution >= 0.6 is 11.3 Å². The van der Waals surface area contributed by atoms with Crippen molar-refractivity contribution in [1.82, 2.24) is 19.3 Å². The first-order valence-electron chi connectivity index (χ1n) is 8.76. The highest BCUT2D eigenvalue weighted by Crippen LogP contribution is 2.41. The highest BCUT2D eigenvalue weighted by atomic mass is 32.1. The van der Waals surface area contributed by atoms with Crippen molar-refractivity contribution in [1.29, 1.82) is 5.26 Å². The number of nitrogens with zero attached hydrogens (tertiary/aromatic N) is 5. The smallest absolute Gasteiger partial charge is 0.310 e. The van der Waals surface area contributed by atoms with Crippen LogP contribution in [-0.2, 0) is 6.54 Å². The first-order chi connectivity index (χ1) is 13.6. The lowest BCUT2D eigenvalue weighted by Crippen LogP contribution is -2.12. The van der Waals surface area contributed by atoms with Crippen LogP contribution < -0.4 is 14.3 Å². The Labute approximate surface area is 163 Å². The minimum atomic E-state index is -0.206. The van der Waals surface area contributed by atoms with Crippen molar-refractivity contribution >= 4 is 32.7 Å². The van der Waals surface area contributed by atoms with Crippen molar-refractivity contribution < 1.29 is 9.47 Å². The molecule has 0 unspecified atom stereocenters. The third kappa shape index (κ3) is 2.31. The van der Waals surface area contributed by atoms with Gasteiger partial charge in [0.15, 0.2) is 22.8 Å². The minimum absolute atomic E-state index is 0.0479. The molecule has 5 rings (SSSR count). The standard InChI is InChI=1S/C19H15N5O3S/c1-10(2)24-17-12(8-21-24)15(11-3-4-13-14(7-11)27-9-26-13)16-18(22-17)23(6-5-20)19(25)28-16/h3-4,7-8,10H,6,9H2,1-2H3. The summed E-state index contributed by atoms with van der Waals surface area (Å²) in [5.41, 5.74) is 2.93. The topological polar surface area (TPSA) is 95.0 Å². The molecule has 4 aromatic rings. The zero-order chi connectivity index (χ0) is 19.4. The molecule has 0 spiro atoms. The van der Waals surface area contributed by atoms with Crippen LogP contribution in [0, 0.1) is 11.3 Å². The molecule has 0 radical (unpaired) electrons. The van der Waals surface area contributed by atoms with Gasteiger partial charge in [-0.1, -0.05) is 17.4 Å². The molecule has 0 N–H and O–H groups in total. The molecule has 140 valence electrons. The van der Waals surface area contributed by atoms with Gasteiger partial charge in [-0.25, -0.2) is 9.67 Å². The normalized spacial score (nSPS) is 12.9. The van der Waals surface area contributed by atoms with Gasteiger partial charge in [-0.05, 0) is 31.5 Å². The van der Waals surface area contributed by atoms with Crippen LogP contribution in [0.2, 0.25) is 0 Å². The highest BCUT2D eigenvalue weighted by Gasteiger charge is 2.23. The number of benzene rings is 1. The Morgan fingerprint density at radius 1 is 1.29 bits per heavy atom. The van der Waals surface area contributed by atoms with Crippen LogP contribution in [0.5, 0.6) is 11.5 Å². The largest absolute Gasteiger partial charge is 0.454 e. The first-order valence-corrected chi connectivity index (χ1v) is 9.57. The molecular weight excluding hydrogens is 378 g/mol. The van der Waals surface area contributed by atoms with E-state index in [0.717, 1.165) is 32.5 Å². The average molecular weight is 393 g/mol. The zero-order valence-electron chi connectivity index (χ0n) is 15.2. The summed E-state index contributed by atoms with van der Waals surface area (Å²) in [7, 11) is 0. The number of fused-ring (bicyclic) bond motifs is 3. The second kappa shape index (κ2) is 6.07. The number of pyridine rings is 1. The van der Waals surface area contributed by atoms with Gasteiger partial charge >= 0.3 is 4.87 Å². The lowest BCUT2D eigenvalue weighted by atomic mass is 10.0. The molecule has 28 heavy (non-hydrogen) atoms. The van der Waals surface area contributed by atoms with Crippen molar-refractivity contribution in [2.45, 2.75) is 26.4 Å². The van der Waals surface area contributed by atoms with E-state index >= 15 is 0 Å². The number of rotatable bonds is 3. The third-order valence-corrected chi connectivity index (χ3v) is 5.71. The average Bonchev–Trinajstić information content (AvgIpc) is 3.37. The van der Waals surface area contributed by atoms with E-state index in [4.69, 9.17) is 19.7 Å². The van der Waals surface area contributed by atoms with Crippen molar-refractivity contribution in [2.75, 3.05) is 6.79 Å². The van der Waals surface area contributed by atoms with Crippen LogP contribution in [0.15, 0.2) is 29.2 Å². The second-order valence-electron chi connectivity index (χ2n) is 6.74. The number of aromatic nitrogens is 4. The molecule has 1 aromatic carbocycles. The van der Waals surface area contributed by atoms with Crippen LogP contribution in [0.3, 0.4) is 0 Å². The van der Waals surface area contributed by atoms with Gasteiger partial charge in [-0.2, -0.15) is 10.4 Å². The molecule has 9 heteroatoms. The van der Waals surface area contributed by atoms with E-state index in [1.54, 1.807) is 6.20 Å². The van der Waals surface area contributed by atoms with E-state index in [0.29, 0.717) is 22.8 Å². The highest BCUT2D eigenvalue weighted by molar-refractivity contribution is 7.17. The Morgan fingerprint density at radius 3 is 2.89 bits per heavy atom. The number of hydrogen-bond donors (Lipinski definition) is 0. The van der Waals surface area contributed by atoms with Crippen LogP contribution in [-0.4, -0.2) is 26.1 Å². The minimum Gasteiger partial charge on any atom is -0.454 e. The van der Waals surface area contributed by atoms with Crippen LogP contribution in [0.4, 0.5) is 0 Å². The molecule has 0 atom stereocenters. The van der Waals surface area contributed by atoms with Gasteiger partial charge in [0.25, 0.3) is 0 Å². The van der Waals surface area contributed by atoms with E-state index in [9.17, 15) is 4.79 Å². The van der Waals surface area contributed by atoms with E-state index in [2.05, 4.69) is 5.10 Å². The van der Waals surface area contributed by atoms with E-state index in [-0.39, 0.29) is 24.3 Å². The Bertz CT molecular complexity index is 1340. The Balaban J connectivity index is 1.91. The van der Waals surface area contributed by atoms with Gasteiger partial charge in [-0.3, -0.25) is 9.36 Å². The van der Waals surface area contributed by atoms with E-state index in [1.165, 1.54) is 4.57 Å². The summed E-state index contributed by atoms with van der Waals surface area (Å²) in [5, 5.41) is 14.5. The van der Waals surface area contributed by atoms with Crippen LogP contribution in [0.25, 0.3) is 32.5 Å². The molecule has 0 amide bonds. The van der Waals surface area contributed by atoms with Gasteiger partial charge in [0, 0.05) is 17.0 Å². The fraction of sp³-hybridized carbons (Fsp3) is 0.263. The Morgan fingerprint density at radius 2 is 2.11 bits per heavy atom. The Kier molecular flexibility index (Phi) is 3.64. The van der Waals surface area contributed by atoms with Crippen molar-refractivity contribution in [3.63, 3.8) is 0 Å². The van der Waals surface area contributed by atoms with Gasteiger partial charge in [0.2, 0.25) is 6.79 Å². The lowest BCUT2D eigenvalue weighted by molar-refractivity contribution is 0.174. The van der Waals surface area contributed by atoms with Gasteiger partial charge in [0.1, 0.15) is 6.54 Å². The summed E-state index contributed by atoms with van der Waals surface area (Å²) in [6, 6.07) is 7.85. The summed E-state index contributed by atoms with van der Waals surface area (Å²) in [5.74, 6) is 1.36. The first kappa shape index (κ1) is 16.8. The molecule has 0 fully saturated rings. The molecule has 0 bridgehead atoms. The Hall–Kier alpha value is -3.38. The summed E-state index contributed by atoms with van der Waals surface area (Å²) in [6.07, 6.45) is 1.78. The van der Waals surface area contributed by atoms with Crippen molar-refractivity contribution in [3.8, 4) is 28.7 Å². The molecule has 3 aromatic heterocycles. The number of ether oxygens (including phenoxy) is 2. The molecule has 4 heterocycles. The van der Waals surface area contributed by atoms with E-state index in [1.807, 2.05) is 42.8 Å². The number of hydrogen-bond acceptors (Lipinski definition) is 7. The van der Waals surface area contributed by atoms with Gasteiger partial charge in [0.05, 0.1) is 17.0 Å². The summed E-state index contributed by atoms with van der Waals surface area (Å²) < 4.78 is 14.9. The quantitative estimate of drug-likeness (QED) is 0.530. The predicted molar refractivity (Wildman–Crippen MR) is 105 cm³/mol. The third-order valence-electron chi connectivity index (χ3n) is 4.73. The predicted octanol–water partition coefficient (Wildman–Crippen LogP) is 3.31. The molecule has 0 saturated carbocycles. The number of thiazole rings is 1. The lowest BCUT2D eigenvalue weighted by Gasteiger charge is -2.10. The summed E-state index contributed by atoms with van der Waals surface area (Å²) in [4.78, 5) is 17.1.